The van der Waals surface area contributed by atoms with Crippen molar-refractivity contribution in [3.63, 3.8) is 0 Å². The van der Waals surface area contributed by atoms with E-state index in [4.69, 9.17) is 14.0 Å². The summed E-state index contributed by atoms with van der Waals surface area (Å²) in [6, 6.07) is 3.38. The summed E-state index contributed by atoms with van der Waals surface area (Å²) in [6.07, 6.45) is 0.153. The highest BCUT2D eigenvalue weighted by Gasteiger charge is 2.54. The van der Waals surface area contributed by atoms with Gasteiger partial charge in [-0.05, 0) is 70.4 Å². The molecule has 1 aliphatic heterocycles. The molecule has 0 saturated carbocycles. The maximum atomic E-state index is 12.0. The van der Waals surface area contributed by atoms with Crippen LogP contribution >= 0.6 is 0 Å². The smallest absolute Gasteiger partial charge is 0.466 e. The summed E-state index contributed by atoms with van der Waals surface area (Å²) in [6.45, 7) is 11.8. The molecule has 1 heterocycles. The number of hydrogen-bond donors (Lipinski definition) is 1. The lowest BCUT2D eigenvalue weighted by atomic mass is 9.64. The largest absolute Gasteiger partial charge is 0.508 e. The molecule has 24 heavy (non-hydrogen) atoms. The summed E-state index contributed by atoms with van der Waals surface area (Å²) in [5.41, 5.74) is 1.79. The fourth-order valence-electron chi connectivity index (χ4n) is 3.19. The minimum Gasteiger partial charge on any atom is -0.508 e. The van der Waals surface area contributed by atoms with E-state index in [1.165, 1.54) is 7.11 Å². The highest BCUT2D eigenvalue weighted by Crippen LogP contribution is 2.43. The van der Waals surface area contributed by atoms with Crippen molar-refractivity contribution in [2.24, 2.45) is 0 Å². The SMILES string of the molecule is COC(=O)CC(B1OC(C)(C)C(C)(C)O1)c1c(C)cc(O)cc1C. The van der Waals surface area contributed by atoms with Gasteiger partial charge in [-0.2, -0.15) is 0 Å². The zero-order valence-electron chi connectivity index (χ0n) is 15.6. The molecule has 0 aliphatic carbocycles. The molecule has 1 aromatic carbocycles. The van der Waals surface area contributed by atoms with Gasteiger partial charge < -0.3 is 19.2 Å². The van der Waals surface area contributed by atoms with Crippen molar-refractivity contribution in [2.75, 3.05) is 7.11 Å². The highest BCUT2D eigenvalue weighted by molar-refractivity contribution is 6.48. The molecule has 1 unspecified atom stereocenters. The van der Waals surface area contributed by atoms with E-state index >= 15 is 0 Å². The summed E-state index contributed by atoms with van der Waals surface area (Å²) >= 11 is 0. The number of methoxy groups -OCH3 is 1. The molecule has 132 valence electrons. The maximum Gasteiger partial charge on any atom is 0.466 e. The predicted octanol–water partition coefficient (Wildman–Crippen LogP) is 3.29. The fraction of sp³-hybridized carbons (Fsp3) is 0.611. The van der Waals surface area contributed by atoms with Crippen molar-refractivity contribution < 1.29 is 23.9 Å². The number of rotatable bonds is 4. The molecule has 1 fully saturated rings. The van der Waals surface area contributed by atoms with Crippen molar-refractivity contribution in [2.45, 2.75) is 65.0 Å². The minimum atomic E-state index is -0.559. The average Bonchev–Trinajstić information content (AvgIpc) is 2.64. The number of aromatic hydroxyl groups is 1. The third-order valence-electron chi connectivity index (χ3n) is 5.16. The quantitative estimate of drug-likeness (QED) is 0.676. The van der Waals surface area contributed by atoms with E-state index in [0.29, 0.717) is 0 Å². The van der Waals surface area contributed by atoms with Crippen molar-refractivity contribution in [3.05, 3.63) is 28.8 Å². The van der Waals surface area contributed by atoms with Crippen LogP contribution < -0.4 is 0 Å². The lowest BCUT2D eigenvalue weighted by Crippen LogP contribution is -2.41. The summed E-state index contributed by atoms with van der Waals surface area (Å²) in [5, 5.41) is 9.81. The molecule has 2 rings (SSSR count). The Morgan fingerprint density at radius 1 is 1.17 bits per heavy atom. The Morgan fingerprint density at radius 2 is 1.62 bits per heavy atom. The Morgan fingerprint density at radius 3 is 2.04 bits per heavy atom. The van der Waals surface area contributed by atoms with Crippen LogP contribution in [0.25, 0.3) is 0 Å². The standard InChI is InChI=1S/C18H27BO5/c1-11-8-13(20)9-12(2)16(11)14(10-15(21)22-7)19-23-17(3,4)18(5,6)24-19/h8-9,14,20H,10H2,1-7H3. The van der Waals surface area contributed by atoms with Crippen LogP contribution in [0.1, 0.15) is 56.6 Å². The van der Waals surface area contributed by atoms with Crippen LogP contribution in [-0.4, -0.2) is 36.5 Å². The number of hydrogen-bond acceptors (Lipinski definition) is 5. The molecule has 1 aromatic rings. The number of carbonyl (C=O) groups excluding carboxylic acids is 1. The van der Waals surface area contributed by atoms with E-state index < -0.39 is 18.3 Å². The van der Waals surface area contributed by atoms with Gasteiger partial charge in [0, 0.05) is 5.82 Å². The van der Waals surface area contributed by atoms with Gasteiger partial charge in [0.25, 0.3) is 0 Å². The van der Waals surface area contributed by atoms with Crippen LogP contribution in [0.15, 0.2) is 12.1 Å². The molecule has 1 saturated heterocycles. The van der Waals surface area contributed by atoms with Crippen LogP contribution in [-0.2, 0) is 18.8 Å². The second-order valence-electron chi connectivity index (χ2n) is 7.50. The van der Waals surface area contributed by atoms with E-state index in [1.54, 1.807) is 12.1 Å². The first-order chi connectivity index (χ1) is 11.0. The van der Waals surface area contributed by atoms with Gasteiger partial charge in [0.15, 0.2) is 0 Å². The first-order valence-corrected chi connectivity index (χ1v) is 8.21. The van der Waals surface area contributed by atoms with E-state index in [2.05, 4.69) is 0 Å². The molecule has 1 atom stereocenters. The number of ether oxygens (including phenoxy) is 1. The minimum absolute atomic E-state index is 0.153. The van der Waals surface area contributed by atoms with Crippen LogP contribution in [0.5, 0.6) is 5.75 Å². The van der Waals surface area contributed by atoms with Gasteiger partial charge in [0.2, 0.25) is 0 Å². The second kappa shape index (κ2) is 6.41. The Balaban J connectivity index is 2.46. The van der Waals surface area contributed by atoms with Crippen LogP contribution in [0.2, 0.25) is 0 Å². The van der Waals surface area contributed by atoms with Crippen molar-refractivity contribution in [1.82, 2.24) is 0 Å². The third kappa shape index (κ3) is 3.45. The first-order valence-electron chi connectivity index (χ1n) is 8.21. The molecular weight excluding hydrogens is 307 g/mol. The van der Waals surface area contributed by atoms with E-state index in [9.17, 15) is 9.90 Å². The van der Waals surface area contributed by atoms with Gasteiger partial charge in [-0.15, -0.1) is 0 Å². The zero-order valence-corrected chi connectivity index (χ0v) is 15.6. The van der Waals surface area contributed by atoms with Crippen molar-refractivity contribution in [3.8, 4) is 5.75 Å². The number of phenolic OH excluding ortho intramolecular Hbond substituents is 1. The molecule has 0 aromatic heterocycles. The number of phenols is 1. The highest BCUT2D eigenvalue weighted by atomic mass is 16.7. The average molecular weight is 334 g/mol. The molecule has 6 heteroatoms. The zero-order chi connectivity index (χ0) is 18.3. The summed E-state index contributed by atoms with van der Waals surface area (Å²) in [5.74, 6) is -0.417. The van der Waals surface area contributed by atoms with E-state index in [1.807, 2.05) is 41.5 Å². The summed E-state index contributed by atoms with van der Waals surface area (Å²) in [7, 11) is 0.816. The molecule has 0 spiro atoms. The topological polar surface area (TPSA) is 65.0 Å². The van der Waals surface area contributed by atoms with E-state index in [-0.39, 0.29) is 24.0 Å². The normalized spacial score (nSPS) is 20.0. The van der Waals surface area contributed by atoms with Gasteiger partial charge in [0.05, 0.1) is 24.7 Å². The lowest BCUT2D eigenvalue weighted by molar-refractivity contribution is -0.140. The number of aryl methyl sites for hydroxylation is 2. The van der Waals surface area contributed by atoms with E-state index in [0.717, 1.165) is 16.7 Å². The predicted molar refractivity (Wildman–Crippen MR) is 93.0 cm³/mol. The molecule has 0 amide bonds. The first kappa shape index (κ1) is 18.8. The van der Waals surface area contributed by atoms with Gasteiger partial charge >= 0.3 is 13.1 Å². The molecular formula is C18H27BO5. The van der Waals surface area contributed by atoms with Crippen LogP contribution in [0.3, 0.4) is 0 Å². The monoisotopic (exact) mass is 334 g/mol. The molecule has 1 aliphatic rings. The number of esters is 1. The molecule has 1 N–H and O–H groups in total. The van der Waals surface area contributed by atoms with Gasteiger partial charge in [0.1, 0.15) is 5.75 Å². The fourth-order valence-corrected chi connectivity index (χ4v) is 3.19. The van der Waals surface area contributed by atoms with Gasteiger partial charge in [-0.25, -0.2) is 0 Å². The number of carbonyl (C=O) groups is 1. The van der Waals surface area contributed by atoms with Crippen LogP contribution in [0, 0.1) is 13.8 Å². The van der Waals surface area contributed by atoms with Gasteiger partial charge in [-0.3, -0.25) is 4.79 Å². The second-order valence-corrected chi connectivity index (χ2v) is 7.50. The number of benzene rings is 1. The molecule has 0 radical (unpaired) electrons. The maximum absolute atomic E-state index is 12.0. The Labute approximate surface area is 144 Å². The Kier molecular flexibility index (Phi) is 5.02. The lowest BCUT2D eigenvalue weighted by Gasteiger charge is -2.32. The summed E-state index contributed by atoms with van der Waals surface area (Å²) < 4.78 is 17.2. The Hall–Kier alpha value is -1.53. The molecule has 0 bridgehead atoms. The van der Waals surface area contributed by atoms with Crippen LogP contribution in [0.4, 0.5) is 0 Å². The van der Waals surface area contributed by atoms with Crippen molar-refractivity contribution >= 4 is 13.1 Å². The third-order valence-corrected chi connectivity index (χ3v) is 5.16. The molecule has 5 nitrogen and oxygen atoms in total. The summed E-state index contributed by atoms with van der Waals surface area (Å²) in [4.78, 5) is 12.0. The van der Waals surface area contributed by atoms with Crippen molar-refractivity contribution in [1.29, 1.82) is 0 Å². The van der Waals surface area contributed by atoms with Gasteiger partial charge in [-0.1, -0.05) is 0 Å². The Bertz CT molecular complexity index is 599.